The predicted molar refractivity (Wildman–Crippen MR) is 162 cm³/mol. The number of rotatable bonds is 7. The van der Waals surface area contributed by atoms with Gasteiger partial charge in [-0.2, -0.15) is 5.10 Å². The molecule has 43 heavy (non-hydrogen) atoms. The number of nitrogens with two attached hydrogens (primary N) is 1. The maximum atomic E-state index is 12.5. The summed E-state index contributed by atoms with van der Waals surface area (Å²) in [5, 5.41) is 18.2. The number of carbonyl (C=O) groups is 1. The monoisotopic (exact) mass is 583 g/mol. The number of amides is 2. The standard InChI is InChI=1S/C30H33N9O4/c1-30(2,3)23-14-24(38-43-23)36-29(40)35-19-6-8-20(9-7-19)39-28-25(27(31)33-17-34-28)26(37-39)18-4-10-21(11-5-18)42-16-22-15-32-12-13-41-22/h4-11,14,17,22,32H,12-13,15-16H2,1-3H3,(H2,31,33,34)(H2,35,36,38,40). The fourth-order valence-electron chi connectivity index (χ4n) is 4.63. The lowest BCUT2D eigenvalue weighted by atomic mass is 9.93. The third-order valence-corrected chi connectivity index (χ3v) is 6.92. The first-order valence-electron chi connectivity index (χ1n) is 13.9. The first-order valence-corrected chi connectivity index (χ1v) is 13.9. The van der Waals surface area contributed by atoms with Gasteiger partial charge in [0.2, 0.25) is 0 Å². The summed E-state index contributed by atoms with van der Waals surface area (Å²) in [6.45, 7) is 8.79. The van der Waals surface area contributed by atoms with Gasteiger partial charge in [-0.1, -0.05) is 25.9 Å². The van der Waals surface area contributed by atoms with E-state index in [2.05, 4.69) is 31.1 Å². The molecule has 2 amide bonds. The number of hydrogen-bond donors (Lipinski definition) is 4. The summed E-state index contributed by atoms with van der Waals surface area (Å²) in [6, 6.07) is 16.1. The van der Waals surface area contributed by atoms with Gasteiger partial charge in [-0.25, -0.2) is 19.4 Å². The molecule has 0 aliphatic carbocycles. The van der Waals surface area contributed by atoms with Crippen LogP contribution < -0.4 is 26.4 Å². The Labute approximate surface area is 247 Å². The molecule has 13 heteroatoms. The van der Waals surface area contributed by atoms with Crippen molar-refractivity contribution in [2.75, 3.05) is 42.7 Å². The molecule has 0 saturated carbocycles. The van der Waals surface area contributed by atoms with Crippen molar-refractivity contribution in [2.45, 2.75) is 32.3 Å². The van der Waals surface area contributed by atoms with Crippen molar-refractivity contribution in [2.24, 2.45) is 0 Å². The van der Waals surface area contributed by atoms with Crippen molar-refractivity contribution in [1.29, 1.82) is 0 Å². The number of morpholine rings is 1. The summed E-state index contributed by atoms with van der Waals surface area (Å²) < 4.78 is 18.7. The van der Waals surface area contributed by atoms with E-state index in [4.69, 9.17) is 24.8 Å². The van der Waals surface area contributed by atoms with Crippen molar-refractivity contribution < 1.29 is 18.8 Å². The molecule has 1 aliphatic heterocycles. The van der Waals surface area contributed by atoms with Crippen LogP contribution in [0.2, 0.25) is 0 Å². The number of nitrogens with zero attached hydrogens (tertiary/aromatic N) is 5. The van der Waals surface area contributed by atoms with Crippen LogP contribution in [0.25, 0.3) is 28.0 Å². The highest BCUT2D eigenvalue weighted by Gasteiger charge is 2.21. The van der Waals surface area contributed by atoms with E-state index in [-0.39, 0.29) is 11.5 Å². The number of aromatic nitrogens is 5. The van der Waals surface area contributed by atoms with Gasteiger partial charge in [-0.05, 0) is 48.5 Å². The Morgan fingerprint density at radius 3 is 2.60 bits per heavy atom. The second-order valence-electron chi connectivity index (χ2n) is 11.2. The van der Waals surface area contributed by atoms with Gasteiger partial charge >= 0.3 is 6.03 Å². The molecule has 2 aromatic carbocycles. The molecule has 0 spiro atoms. The molecular formula is C30H33N9O4. The SMILES string of the molecule is CC(C)(C)c1cc(NC(=O)Nc2ccc(-n3nc(-c4ccc(OCC5CNCCO5)cc4)c4c(N)ncnc43)cc2)no1. The summed E-state index contributed by atoms with van der Waals surface area (Å²) in [5.41, 5.74) is 9.43. The summed E-state index contributed by atoms with van der Waals surface area (Å²) in [7, 11) is 0. The third kappa shape index (κ3) is 6.27. The highest BCUT2D eigenvalue weighted by molar-refractivity contribution is 6.00. The van der Waals surface area contributed by atoms with Crippen molar-refractivity contribution >= 4 is 34.4 Å². The van der Waals surface area contributed by atoms with Gasteiger partial charge in [0, 0.05) is 35.8 Å². The van der Waals surface area contributed by atoms with Crippen molar-refractivity contribution in [3.63, 3.8) is 0 Å². The maximum Gasteiger partial charge on any atom is 0.324 e. The number of fused-ring (bicyclic) bond motifs is 1. The molecular weight excluding hydrogens is 550 g/mol. The lowest BCUT2D eigenvalue weighted by molar-refractivity contribution is 0.000198. The first kappa shape index (κ1) is 28.1. The van der Waals surface area contributed by atoms with E-state index in [1.165, 1.54) is 6.33 Å². The Kier molecular flexibility index (Phi) is 7.65. The van der Waals surface area contributed by atoms with Crippen LogP contribution in [0.5, 0.6) is 5.75 Å². The van der Waals surface area contributed by atoms with Crippen molar-refractivity contribution in [1.82, 2.24) is 30.2 Å². The quantitative estimate of drug-likeness (QED) is 0.216. The second kappa shape index (κ2) is 11.7. The molecule has 222 valence electrons. The zero-order valence-corrected chi connectivity index (χ0v) is 24.1. The van der Waals surface area contributed by atoms with E-state index in [0.717, 1.165) is 30.1 Å². The summed E-state index contributed by atoms with van der Waals surface area (Å²) in [4.78, 5) is 21.2. The van der Waals surface area contributed by atoms with Crippen LogP contribution in [-0.4, -0.2) is 63.3 Å². The molecule has 6 rings (SSSR count). The second-order valence-corrected chi connectivity index (χ2v) is 11.2. The molecule has 1 unspecified atom stereocenters. The molecule has 1 saturated heterocycles. The Bertz CT molecular complexity index is 1720. The number of hydrogen-bond acceptors (Lipinski definition) is 10. The van der Waals surface area contributed by atoms with Crippen LogP contribution in [-0.2, 0) is 10.2 Å². The highest BCUT2D eigenvalue weighted by atomic mass is 16.5. The van der Waals surface area contributed by atoms with E-state index < -0.39 is 6.03 Å². The summed E-state index contributed by atoms with van der Waals surface area (Å²) >= 11 is 0. The van der Waals surface area contributed by atoms with Crippen molar-refractivity contribution in [3.05, 3.63) is 66.7 Å². The zero-order valence-electron chi connectivity index (χ0n) is 24.1. The van der Waals surface area contributed by atoms with Gasteiger partial charge in [-0.3, -0.25) is 5.32 Å². The van der Waals surface area contributed by atoms with Crippen LogP contribution in [0, 0.1) is 0 Å². The van der Waals surface area contributed by atoms with Gasteiger partial charge in [0.25, 0.3) is 0 Å². The Morgan fingerprint density at radius 2 is 1.91 bits per heavy atom. The van der Waals surface area contributed by atoms with Gasteiger partial charge in [0.1, 0.15) is 42.1 Å². The number of nitrogens with one attached hydrogen (secondary N) is 3. The largest absolute Gasteiger partial charge is 0.491 e. The summed E-state index contributed by atoms with van der Waals surface area (Å²) in [6.07, 6.45) is 1.43. The van der Waals surface area contributed by atoms with Gasteiger partial charge in [-0.15, -0.1) is 0 Å². The van der Waals surface area contributed by atoms with E-state index in [9.17, 15) is 4.79 Å². The molecule has 5 aromatic rings. The molecule has 1 atom stereocenters. The normalized spacial score (nSPS) is 15.4. The van der Waals surface area contributed by atoms with Gasteiger partial charge in [0.15, 0.2) is 11.5 Å². The number of carbonyl (C=O) groups excluding carboxylic acids is 1. The molecule has 0 radical (unpaired) electrons. The number of ether oxygens (including phenoxy) is 2. The average Bonchev–Trinajstić information content (AvgIpc) is 3.64. The van der Waals surface area contributed by atoms with Crippen LogP contribution in [0.4, 0.5) is 22.1 Å². The lowest BCUT2D eigenvalue weighted by Crippen LogP contribution is -2.41. The first-order chi connectivity index (χ1) is 20.7. The van der Waals surface area contributed by atoms with Gasteiger partial charge < -0.3 is 30.4 Å². The predicted octanol–water partition coefficient (Wildman–Crippen LogP) is 4.36. The molecule has 3 aromatic heterocycles. The molecule has 1 fully saturated rings. The highest BCUT2D eigenvalue weighted by Crippen LogP contribution is 2.33. The molecule has 4 heterocycles. The van der Waals surface area contributed by atoms with Crippen LogP contribution in [0.15, 0.2) is 65.4 Å². The minimum atomic E-state index is -0.441. The topological polar surface area (TPSA) is 167 Å². The minimum Gasteiger partial charge on any atom is -0.491 e. The molecule has 5 N–H and O–H groups in total. The molecule has 1 aliphatic rings. The Balaban J connectivity index is 1.18. The van der Waals surface area contributed by atoms with Crippen LogP contribution >= 0.6 is 0 Å². The fraction of sp³-hybridized carbons (Fsp3) is 0.300. The lowest BCUT2D eigenvalue weighted by Gasteiger charge is -2.23. The summed E-state index contributed by atoms with van der Waals surface area (Å²) in [5.74, 6) is 2.07. The Morgan fingerprint density at radius 1 is 1.12 bits per heavy atom. The van der Waals surface area contributed by atoms with E-state index in [0.29, 0.717) is 53.0 Å². The number of anilines is 3. The molecule has 0 bridgehead atoms. The fourth-order valence-corrected chi connectivity index (χ4v) is 4.63. The van der Waals surface area contributed by atoms with Crippen LogP contribution in [0.1, 0.15) is 26.5 Å². The minimum absolute atomic E-state index is 0.0241. The van der Waals surface area contributed by atoms with E-state index in [1.54, 1.807) is 22.9 Å². The molecule has 13 nitrogen and oxygen atoms in total. The van der Waals surface area contributed by atoms with Gasteiger partial charge in [0.05, 0.1) is 17.7 Å². The van der Waals surface area contributed by atoms with E-state index in [1.807, 2.05) is 57.2 Å². The zero-order chi connectivity index (χ0) is 30.0. The van der Waals surface area contributed by atoms with Crippen molar-refractivity contribution in [3.8, 4) is 22.7 Å². The maximum absolute atomic E-state index is 12.5. The Hall–Kier alpha value is -5.01. The van der Waals surface area contributed by atoms with E-state index >= 15 is 0 Å². The number of nitrogen functional groups attached to an aromatic ring is 1. The average molecular weight is 584 g/mol. The number of urea groups is 1. The number of benzene rings is 2. The van der Waals surface area contributed by atoms with Crippen LogP contribution in [0.3, 0.4) is 0 Å². The smallest absolute Gasteiger partial charge is 0.324 e. The third-order valence-electron chi connectivity index (χ3n) is 6.92.